The largest absolute Gasteiger partial charge is 0.495 e. The van der Waals surface area contributed by atoms with Crippen LogP contribution in [0, 0.1) is 0 Å². The Morgan fingerprint density at radius 3 is 2.29 bits per heavy atom. The molecule has 1 spiro atoms. The number of rotatable bonds is 4. The Balaban J connectivity index is 1.25. The third-order valence-corrected chi connectivity index (χ3v) is 11.5. The quantitative estimate of drug-likeness (QED) is 0.361. The fourth-order valence-corrected chi connectivity index (χ4v) is 8.51. The molecule has 3 fully saturated rings. The number of nitrogens with one attached hydrogen (secondary N) is 1. The van der Waals surface area contributed by atoms with Crippen LogP contribution in [0.3, 0.4) is 0 Å². The highest BCUT2D eigenvalue weighted by molar-refractivity contribution is 7.99. The van der Waals surface area contributed by atoms with E-state index in [1.54, 1.807) is 5.56 Å². The van der Waals surface area contributed by atoms with Gasteiger partial charge in [0.05, 0.1) is 28.3 Å². The van der Waals surface area contributed by atoms with Gasteiger partial charge in [0.2, 0.25) is 0 Å². The summed E-state index contributed by atoms with van der Waals surface area (Å²) in [4.78, 5) is 8.32. The van der Waals surface area contributed by atoms with Crippen LogP contribution in [0.2, 0.25) is 0 Å². The van der Waals surface area contributed by atoms with Crippen LogP contribution >= 0.6 is 11.8 Å². The fraction of sp³-hybridized carbons (Fsp3) is 0.531. The van der Waals surface area contributed by atoms with Gasteiger partial charge in [-0.2, -0.15) is 11.8 Å². The van der Waals surface area contributed by atoms with Crippen molar-refractivity contribution < 1.29 is 9.31 Å². The van der Waals surface area contributed by atoms with Crippen LogP contribution in [0.15, 0.2) is 42.6 Å². The van der Waals surface area contributed by atoms with E-state index in [0.717, 1.165) is 17.9 Å². The first-order chi connectivity index (χ1) is 18.3. The molecule has 0 amide bonds. The standard InChI is InChI=1S/C32H39BN2O2S/c1-30(2)31(3,4)37-33(36-30)25-14-13-23(28-24(25)15-18-32(28)16-5-6-17-32)21-9-11-22(12-10-21)26-20-34-29(35-26)27-8-7-19-38-27/h9-14,20,27H,5-8,15-19H2,1-4H3,(H,34,35)/t27-/m1/s1. The van der Waals surface area contributed by atoms with Gasteiger partial charge < -0.3 is 14.3 Å². The second kappa shape index (κ2) is 9.01. The van der Waals surface area contributed by atoms with Crippen LogP contribution in [0.5, 0.6) is 0 Å². The highest BCUT2D eigenvalue weighted by Crippen LogP contribution is 2.53. The molecule has 3 aromatic rings. The average Bonchev–Trinajstić information content (AvgIpc) is 3.72. The first-order valence-electron chi connectivity index (χ1n) is 14.6. The van der Waals surface area contributed by atoms with Crippen LogP contribution in [0.25, 0.3) is 22.4 Å². The number of aromatic nitrogens is 2. The van der Waals surface area contributed by atoms with Crippen molar-refractivity contribution in [3.63, 3.8) is 0 Å². The minimum atomic E-state index is -0.328. The molecule has 1 saturated carbocycles. The zero-order valence-electron chi connectivity index (χ0n) is 23.2. The van der Waals surface area contributed by atoms with Crippen molar-refractivity contribution in [2.75, 3.05) is 5.75 Å². The van der Waals surface area contributed by atoms with Crippen molar-refractivity contribution in [2.45, 2.75) is 101 Å². The summed E-state index contributed by atoms with van der Waals surface area (Å²) in [7, 11) is -0.297. The lowest BCUT2D eigenvalue weighted by Crippen LogP contribution is -2.41. The molecule has 38 heavy (non-hydrogen) atoms. The Kier molecular flexibility index (Phi) is 5.92. The third kappa shape index (κ3) is 3.93. The van der Waals surface area contributed by atoms with E-state index in [9.17, 15) is 0 Å². The second-order valence-electron chi connectivity index (χ2n) is 12.9. The molecule has 4 aliphatic rings. The molecule has 1 atom stereocenters. The molecule has 0 unspecified atom stereocenters. The van der Waals surface area contributed by atoms with E-state index in [1.165, 1.54) is 78.4 Å². The number of hydrogen-bond donors (Lipinski definition) is 1. The van der Waals surface area contributed by atoms with E-state index in [2.05, 4.69) is 69.1 Å². The van der Waals surface area contributed by atoms with E-state index < -0.39 is 0 Å². The van der Waals surface area contributed by atoms with Crippen molar-refractivity contribution in [3.05, 3.63) is 59.5 Å². The zero-order valence-corrected chi connectivity index (χ0v) is 24.0. The van der Waals surface area contributed by atoms with Crippen LogP contribution in [0.4, 0.5) is 0 Å². The molecule has 7 rings (SSSR count). The molecule has 0 radical (unpaired) electrons. The SMILES string of the molecule is CC1(C)OB(c2ccc(-c3ccc(-c4cnc([C@H]5CCCS5)[nH]4)cc3)c3c2CCC32CCCC2)OC1(C)C. The van der Waals surface area contributed by atoms with E-state index in [-0.39, 0.29) is 18.3 Å². The number of imidazole rings is 1. The number of thioether (sulfide) groups is 1. The molecule has 2 aliphatic carbocycles. The molecule has 2 aromatic carbocycles. The Morgan fingerprint density at radius 2 is 1.61 bits per heavy atom. The maximum atomic E-state index is 6.54. The summed E-state index contributed by atoms with van der Waals surface area (Å²) < 4.78 is 13.1. The lowest BCUT2D eigenvalue weighted by molar-refractivity contribution is 0.00578. The average molecular weight is 527 g/mol. The summed E-state index contributed by atoms with van der Waals surface area (Å²) in [5.41, 5.74) is 9.00. The highest BCUT2D eigenvalue weighted by Gasteiger charge is 2.53. The molecule has 1 aromatic heterocycles. The van der Waals surface area contributed by atoms with Gasteiger partial charge in [0, 0.05) is 0 Å². The number of benzene rings is 2. The molecule has 2 aliphatic heterocycles. The predicted molar refractivity (Wildman–Crippen MR) is 158 cm³/mol. The zero-order chi connectivity index (χ0) is 26.1. The Labute approximate surface area is 231 Å². The highest BCUT2D eigenvalue weighted by atomic mass is 32.2. The predicted octanol–water partition coefficient (Wildman–Crippen LogP) is 7.37. The molecule has 3 heterocycles. The fourth-order valence-electron chi connectivity index (χ4n) is 7.28. The van der Waals surface area contributed by atoms with Gasteiger partial charge in [-0.25, -0.2) is 4.98 Å². The summed E-state index contributed by atoms with van der Waals surface area (Å²) in [5, 5.41) is 0.524. The van der Waals surface area contributed by atoms with Gasteiger partial charge in [0.15, 0.2) is 0 Å². The molecule has 4 nitrogen and oxygen atoms in total. The van der Waals surface area contributed by atoms with Crippen LogP contribution < -0.4 is 5.46 Å². The van der Waals surface area contributed by atoms with Crippen molar-refractivity contribution >= 4 is 24.3 Å². The Hall–Kier alpha value is -2.02. The summed E-state index contributed by atoms with van der Waals surface area (Å²) >= 11 is 2.02. The van der Waals surface area contributed by atoms with E-state index in [0.29, 0.717) is 10.7 Å². The number of H-pyrrole nitrogens is 1. The normalized spacial score (nSPS) is 24.9. The minimum Gasteiger partial charge on any atom is -0.399 e. The molecule has 2 saturated heterocycles. The Bertz CT molecular complexity index is 1330. The van der Waals surface area contributed by atoms with Gasteiger partial charge in [-0.1, -0.05) is 49.2 Å². The van der Waals surface area contributed by atoms with Crippen molar-refractivity contribution in [1.29, 1.82) is 0 Å². The minimum absolute atomic E-state index is 0.297. The smallest absolute Gasteiger partial charge is 0.399 e. The van der Waals surface area contributed by atoms with Gasteiger partial charge in [-0.15, -0.1) is 0 Å². The van der Waals surface area contributed by atoms with Crippen LogP contribution in [-0.2, 0) is 21.1 Å². The molecule has 6 heteroatoms. The van der Waals surface area contributed by atoms with Crippen molar-refractivity contribution in [3.8, 4) is 22.4 Å². The topological polar surface area (TPSA) is 47.1 Å². The van der Waals surface area contributed by atoms with Crippen molar-refractivity contribution in [1.82, 2.24) is 9.97 Å². The molecular formula is C32H39BN2O2S. The summed E-state index contributed by atoms with van der Waals surface area (Å²) in [6.45, 7) is 8.60. The number of aromatic amines is 1. The lowest BCUT2D eigenvalue weighted by atomic mass is 9.70. The molecule has 1 N–H and O–H groups in total. The summed E-state index contributed by atoms with van der Waals surface area (Å²) in [6, 6.07) is 13.8. The molecular weight excluding hydrogens is 487 g/mol. The van der Waals surface area contributed by atoms with Gasteiger partial charge >= 0.3 is 7.12 Å². The third-order valence-electron chi connectivity index (χ3n) is 10.1. The summed E-state index contributed by atoms with van der Waals surface area (Å²) in [5.74, 6) is 2.37. The number of nitrogens with zero attached hydrogens (tertiary/aromatic N) is 1. The van der Waals surface area contributed by atoms with Gasteiger partial charge in [-0.05, 0) is 111 Å². The lowest BCUT2D eigenvalue weighted by Gasteiger charge is -2.32. The van der Waals surface area contributed by atoms with Gasteiger partial charge in [-0.3, -0.25) is 0 Å². The van der Waals surface area contributed by atoms with Crippen LogP contribution in [-0.4, -0.2) is 34.0 Å². The van der Waals surface area contributed by atoms with E-state index in [1.807, 2.05) is 18.0 Å². The number of fused-ring (bicyclic) bond motifs is 2. The number of hydrogen-bond acceptors (Lipinski definition) is 4. The second-order valence-corrected chi connectivity index (χ2v) is 14.2. The van der Waals surface area contributed by atoms with Crippen LogP contribution in [0.1, 0.15) is 94.8 Å². The Morgan fingerprint density at radius 1 is 0.895 bits per heavy atom. The molecule has 0 bridgehead atoms. The molecule has 198 valence electrons. The van der Waals surface area contributed by atoms with Crippen molar-refractivity contribution in [2.24, 2.45) is 0 Å². The van der Waals surface area contributed by atoms with Gasteiger partial charge in [0.25, 0.3) is 0 Å². The summed E-state index contributed by atoms with van der Waals surface area (Å²) in [6.07, 6.45) is 12.2. The van der Waals surface area contributed by atoms with E-state index in [4.69, 9.17) is 14.3 Å². The maximum absolute atomic E-state index is 6.54. The maximum Gasteiger partial charge on any atom is 0.495 e. The first kappa shape index (κ1) is 25.0. The first-order valence-corrected chi connectivity index (χ1v) is 15.6. The monoisotopic (exact) mass is 526 g/mol. The van der Waals surface area contributed by atoms with E-state index >= 15 is 0 Å². The van der Waals surface area contributed by atoms with Gasteiger partial charge in [0.1, 0.15) is 5.82 Å².